The van der Waals surface area contributed by atoms with Crippen molar-refractivity contribution in [1.82, 2.24) is 4.72 Å². The fourth-order valence-corrected chi connectivity index (χ4v) is 4.86. The summed E-state index contributed by atoms with van der Waals surface area (Å²) in [6.07, 6.45) is 5.02. The second kappa shape index (κ2) is 9.61. The molecule has 3 rings (SSSR count). The van der Waals surface area contributed by atoms with Gasteiger partial charge in [0, 0.05) is 16.8 Å². The lowest BCUT2D eigenvalue weighted by atomic mass is 9.96. The molecule has 156 valence electrons. The lowest BCUT2D eigenvalue weighted by Crippen LogP contribution is -2.36. The highest BCUT2D eigenvalue weighted by Crippen LogP contribution is 2.22. The molecule has 29 heavy (non-hydrogen) atoms. The maximum atomic E-state index is 12.5. The minimum absolute atomic E-state index is 0.00435. The molecule has 0 aromatic heterocycles. The first-order valence-electron chi connectivity index (χ1n) is 9.65. The highest BCUT2D eigenvalue weighted by Gasteiger charge is 2.21. The first-order valence-corrected chi connectivity index (χ1v) is 11.5. The van der Waals surface area contributed by atoms with Crippen molar-refractivity contribution in [3.8, 4) is 5.75 Å². The number of carbonyl (C=O) groups is 1. The molecule has 0 bridgehead atoms. The maximum Gasteiger partial charge on any atom is 0.262 e. The van der Waals surface area contributed by atoms with E-state index in [1.165, 1.54) is 12.1 Å². The Bertz CT molecular complexity index is 955. The van der Waals surface area contributed by atoms with E-state index in [1.54, 1.807) is 30.3 Å². The van der Waals surface area contributed by atoms with E-state index >= 15 is 0 Å². The van der Waals surface area contributed by atoms with Crippen LogP contribution in [-0.4, -0.2) is 27.0 Å². The Labute approximate surface area is 176 Å². The zero-order chi connectivity index (χ0) is 20.9. The summed E-state index contributed by atoms with van der Waals surface area (Å²) in [6.45, 7) is 1.66. The molecule has 1 amide bonds. The number of ether oxygens (including phenoxy) is 1. The van der Waals surface area contributed by atoms with Crippen LogP contribution in [0.1, 0.15) is 37.7 Å². The summed E-state index contributed by atoms with van der Waals surface area (Å²) in [5.41, 5.74) is 1.52. The van der Waals surface area contributed by atoms with Gasteiger partial charge in [-0.3, -0.25) is 4.79 Å². The smallest absolute Gasteiger partial charge is 0.262 e. The van der Waals surface area contributed by atoms with Crippen LogP contribution in [0.3, 0.4) is 0 Å². The zero-order valence-corrected chi connectivity index (χ0v) is 17.9. The molecule has 0 saturated heterocycles. The fourth-order valence-electron chi connectivity index (χ4n) is 3.33. The van der Waals surface area contributed by atoms with Crippen LogP contribution in [0.25, 0.3) is 0 Å². The molecule has 8 heteroatoms. The molecule has 2 aromatic carbocycles. The number of carbonyl (C=O) groups excluding carboxylic acids is 1. The van der Waals surface area contributed by atoms with Gasteiger partial charge in [0.1, 0.15) is 5.75 Å². The molecule has 2 N–H and O–H groups in total. The van der Waals surface area contributed by atoms with Gasteiger partial charge in [-0.25, -0.2) is 13.1 Å². The van der Waals surface area contributed by atoms with Gasteiger partial charge < -0.3 is 10.1 Å². The molecule has 0 aliphatic heterocycles. The van der Waals surface area contributed by atoms with Crippen LogP contribution in [0.15, 0.2) is 47.4 Å². The minimum atomic E-state index is -3.55. The summed E-state index contributed by atoms with van der Waals surface area (Å²) < 4.78 is 33.3. The third-order valence-corrected chi connectivity index (χ3v) is 6.66. The lowest BCUT2D eigenvalue weighted by molar-refractivity contribution is -0.118. The van der Waals surface area contributed by atoms with Gasteiger partial charge in [0.2, 0.25) is 10.0 Å². The summed E-state index contributed by atoms with van der Waals surface area (Å²) in [4.78, 5) is 12.3. The predicted octanol–water partition coefficient (Wildman–Crippen LogP) is 4.28. The molecule has 6 nitrogen and oxygen atoms in total. The largest absolute Gasteiger partial charge is 0.484 e. The number of nitrogens with one attached hydrogen (secondary N) is 2. The van der Waals surface area contributed by atoms with Crippen LogP contribution in [0.4, 0.5) is 5.69 Å². The first kappa shape index (κ1) is 21.6. The molecule has 0 spiro atoms. The van der Waals surface area contributed by atoms with Crippen LogP contribution >= 0.6 is 11.6 Å². The molecule has 0 heterocycles. The zero-order valence-electron chi connectivity index (χ0n) is 16.3. The van der Waals surface area contributed by atoms with Crippen molar-refractivity contribution in [1.29, 1.82) is 0 Å². The molecule has 1 saturated carbocycles. The van der Waals surface area contributed by atoms with Crippen molar-refractivity contribution in [2.75, 3.05) is 11.9 Å². The van der Waals surface area contributed by atoms with Crippen molar-refractivity contribution >= 4 is 33.2 Å². The lowest BCUT2D eigenvalue weighted by Gasteiger charge is -2.22. The number of rotatable bonds is 7. The van der Waals surface area contributed by atoms with Gasteiger partial charge >= 0.3 is 0 Å². The van der Waals surface area contributed by atoms with E-state index < -0.39 is 10.0 Å². The Hall–Kier alpha value is -2.09. The minimum Gasteiger partial charge on any atom is -0.484 e. The molecule has 2 aromatic rings. The Morgan fingerprint density at radius 3 is 2.45 bits per heavy atom. The van der Waals surface area contributed by atoms with Gasteiger partial charge in [-0.2, -0.15) is 0 Å². The number of hydrogen-bond acceptors (Lipinski definition) is 4. The van der Waals surface area contributed by atoms with E-state index in [-0.39, 0.29) is 23.5 Å². The van der Waals surface area contributed by atoms with Crippen molar-refractivity contribution in [2.45, 2.75) is 50.0 Å². The summed E-state index contributed by atoms with van der Waals surface area (Å²) >= 11 is 5.91. The Morgan fingerprint density at radius 2 is 1.79 bits per heavy atom. The number of hydrogen-bond donors (Lipinski definition) is 2. The summed E-state index contributed by atoms with van der Waals surface area (Å²) in [6, 6.07) is 11.3. The van der Waals surface area contributed by atoms with Crippen molar-refractivity contribution < 1.29 is 17.9 Å². The molecule has 0 atom stereocenters. The number of halogens is 1. The van der Waals surface area contributed by atoms with Gasteiger partial charge in [0.25, 0.3) is 5.91 Å². The molecule has 0 radical (unpaired) electrons. The molecule has 1 fully saturated rings. The quantitative estimate of drug-likeness (QED) is 0.678. The van der Waals surface area contributed by atoms with E-state index in [4.69, 9.17) is 16.3 Å². The average Bonchev–Trinajstić information content (AvgIpc) is 2.69. The van der Waals surface area contributed by atoms with Gasteiger partial charge in [0.15, 0.2) is 6.61 Å². The van der Waals surface area contributed by atoms with Gasteiger partial charge in [-0.15, -0.1) is 0 Å². The average molecular weight is 437 g/mol. The third-order valence-electron chi connectivity index (χ3n) is 4.89. The standard InChI is InChI=1S/C21H25ClN2O4S/c1-15-13-16(22)7-12-20(15)23-21(25)14-28-18-8-10-19(11-9-18)29(26,27)24-17-5-3-2-4-6-17/h7-13,17,24H,2-6,14H2,1H3,(H,23,25). The van der Waals surface area contributed by atoms with Gasteiger partial charge in [-0.1, -0.05) is 30.9 Å². The summed E-state index contributed by atoms with van der Waals surface area (Å²) in [7, 11) is -3.55. The number of aryl methyl sites for hydroxylation is 1. The topological polar surface area (TPSA) is 84.5 Å². The number of anilines is 1. The SMILES string of the molecule is Cc1cc(Cl)ccc1NC(=O)COc1ccc(S(=O)(=O)NC2CCCCC2)cc1. The van der Waals surface area contributed by atoms with Crippen LogP contribution in [-0.2, 0) is 14.8 Å². The highest BCUT2D eigenvalue weighted by molar-refractivity contribution is 7.89. The van der Waals surface area contributed by atoms with E-state index in [1.807, 2.05) is 6.92 Å². The van der Waals surface area contributed by atoms with E-state index in [2.05, 4.69) is 10.0 Å². The monoisotopic (exact) mass is 436 g/mol. The Kier molecular flexibility index (Phi) is 7.16. The second-order valence-corrected chi connectivity index (χ2v) is 9.37. The first-order chi connectivity index (χ1) is 13.8. The van der Waals surface area contributed by atoms with Crippen molar-refractivity contribution in [3.63, 3.8) is 0 Å². The Morgan fingerprint density at radius 1 is 1.10 bits per heavy atom. The number of sulfonamides is 1. The van der Waals surface area contributed by atoms with Crippen LogP contribution in [0, 0.1) is 6.92 Å². The Balaban J connectivity index is 1.53. The molecular formula is C21H25ClN2O4S. The summed E-state index contributed by atoms with van der Waals surface area (Å²) in [5.74, 6) is 0.107. The van der Waals surface area contributed by atoms with E-state index in [0.717, 1.165) is 37.7 Å². The molecular weight excluding hydrogens is 412 g/mol. The van der Waals surface area contributed by atoms with Crippen molar-refractivity contribution in [3.05, 3.63) is 53.1 Å². The van der Waals surface area contributed by atoms with Crippen LogP contribution in [0.5, 0.6) is 5.75 Å². The van der Waals surface area contributed by atoms with E-state index in [0.29, 0.717) is 16.5 Å². The molecule has 0 unspecified atom stereocenters. The number of amides is 1. The summed E-state index contributed by atoms with van der Waals surface area (Å²) in [5, 5.41) is 3.36. The normalized spacial score (nSPS) is 15.1. The van der Waals surface area contributed by atoms with Crippen LogP contribution < -0.4 is 14.8 Å². The highest BCUT2D eigenvalue weighted by atomic mass is 35.5. The second-order valence-electron chi connectivity index (χ2n) is 7.22. The maximum absolute atomic E-state index is 12.5. The third kappa shape index (κ3) is 6.19. The molecule has 1 aliphatic rings. The van der Waals surface area contributed by atoms with Crippen LogP contribution in [0.2, 0.25) is 5.02 Å². The van der Waals surface area contributed by atoms with Gasteiger partial charge in [-0.05, 0) is 67.8 Å². The van der Waals surface area contributed by atoms with Gasteiger partial charge in [0.05, 0.1) is 4.90 Å². The van der Waals surface area contributed by atoms with Crippen molar-refractivity contribution in [2.24, 2.45) is 0 Å². The predicted molar refractivity (Wildman–Crippen MR) is 114 cm³/mol. The fraction of sp³-hybridized carbons (Fsp3) is 0.381. The number of benzene rings is 2. The molecule has 1 aliphatic carbocycles. The van der Waals surface area contributed by atoms with E-state index in [9.17, 15) is 13.2 Å².